The molecular weight excluding hydrogens is 359 g/mol. The Bertz CT molecular complexity index is 692. The van der Waals surface area contributed by atoms with E-state index in [1.807, 2.05) is 6.07 Å². The van der Waals surface area contributed by atoms with Crippen molar-refractivity contribution in [2.24, 2.45) is 5.92 Å². The van der Waals surface area contributed by atoms with Crippen molar-refractivity contribution in [2.75, 3.05) is 6.67 Å². The van der Waals surface area contributed by atoms with Crippen molar-refractivity contribution in [3.05, 3.63) is 35.9 Å². The molecular formula is C18H21FN2O6. The number of carbonyl (C=O) groups is 4. The van der Waals surface area contributed by atoms with E-state index in [9.17, 15) is 23.6 Å². The van der Waals surface area contributed by atoms with E-state index < -0.39 is 48.9 Å². The monoisotopic (exact) mass is 380 g/mol. The lowest BCUT2D eigenvalue weighted by Crippen LogP contribution is -2.53. The molecule has 1 aliphatic rings. The number of carbonyl (C=O) groups excluding carboxylic acids is 3. The Kier molecular flexibility index (Phi) is 7.27. The first kappa shape index (κ1) is 20.3. The second kappa shape index (κ2) is 9.65. The number of hydrogen-bond acceptors (Lipinski definition) is 5. The fraction of sp³-hybridized carbons (Fsp3) is 0.444. The highest BCUT2D eigenvalue weighted by Gasteiger charge is 2.39. The summed E-state index contributed by atoms with van der Waals surface area (Å²) in [5.74, 6) is -3.25. The number of benzene rings is 1. The van der Waals surface area contributed by atoms with Crippen LogP contribution in [0.5, 0.6) is 0 Å². The van der Waals surface area contributed by atoms with Crippen molar-refractivity contribution < 1.29 is 33.4 Å². The Balaban J connectivity index is 1.92. The molecule has 1 fully saturated rings. The Morgan fingerprint density at radius 3 is 2.37 bits per heavy atom. The molecule has 2 amide bonds. The molecule has 0 radical (unpaired) electrons. The van der Waals surface area contributed by atoms with Gasteiger partial charge in [0.15, 0.2) is 5.78 Å². The summed E-state index contributed by atoms with van der Waals surface area (Å²) >= 11 is 0. The van der Waals surface area contributed by atoms with E-state index in [0.717, 1.165) is 5.56 Å². The number of carboxylic acid groups (broad SMARTS) is 1. The third-order valence-corrected chi connectivity index (χ3v) is 4.08. The Morgan fingerprint density at radius 2 is 1.81 bits per heavy atom. The molecule has 3 N–H and O–H groups in total. The summed E-state index contributed by atoms with van der Waals surface area (Å²) < 4.78 is 17.7. The van der Waals surface area contributed by atoms with E-state index in [1.54, 1.807) is 24.3 Å². The zero-order chi connectivity index (χ0) is 19.8. The molecule has 1 aliphatic carbocycles. The SMILES string of the molecule is O=C(O)CC(NC(=O)C(NC(=O)OCc1ccccc1)C1CC1)C(=O)CF. The summed E-state index contributed by atoms with van der Waals surface area (Å²) in [6, 6.07) is 6.50. The van der Waals surface area contributed by atoms with Crippen LogP contribution in [0.25, 0.3) is 0 Å². The highest BCUT2D eigenvalue weighted by atomic mass is 19.1. The molecule has 0 aromatic heterocycles. The number of nitrogens with one attached hydrogen (secondary N) is 2. The minimum absolute atomic E-state index is 0.0215. The average molecular weight is 380 g/mol. The van der Waals surface area contributed by atoms with Crippen LogP contribution in [0.3, 0.4) is 0 Å². The maximum Gasteiger partial charge on any atom is 0.408 e. The van der Waals surface area contributed by atoms with Gasteiger partial charge in [-0.15, -0.1) is 0 Å². The lowest BCUT2D eigenvalue weighted by atomic mass is 10.1. The molecule has 0 spiro atoms. The van der Waals surface area contributed by atoms with Gasteiger partial charge >= 0.3 is 12.1 Å². The van der Waals surface area contributed by atoms with Gasteiger partial charge in [0.2, 0.25) is 5.91 Å². The van der Waals surface area contributed by atoms with Gasteiger partial charge in [-0.25, -0.2) is 9.18 Å². The van der Waals surface area contributed by atoms with Crippen LogP contribution in [-0.2, 0) is 25.7 Å². The normalized spacial score (nSPS) is 15.3. The summed E-state index contributed by atoms with van der Waals surface area (Å²) in [7, 11) is 0. The second-order valence-corrected chi connectivity index (χ2v) is 6.28. The van der Waals surface area contributed by atoms with E-state index in [1.165, 1.54) is 0 Å². The van der Waals surface area contributed by atoms with Gasteiger partial charge < -0.3 is 20.5 Å². The van der Waals surface area contributed by atoms with Crippen molar-refractivity contribution in [1.29, 1.82) is 0 Å². The molecule has 1 aromatic rings. The lowest BCUT2D eigenvalue weighted by Gasteiger charge is -2.21. The molecule has 2 rings (SSSR count). The summed E-state index contributed by atoms with van der Waals surface area (Å²) in [5.41, 5.74) is 0.773. The van der Waals surface area contributed by atoms with Gasteiger partial charge in [-0.2, -0.15) is 0 Å². The largest absolute Gasteiger partial charge is 0.481 e. The number of amides is 2. The van der Waals surface area contributed by atoms with Crippen molar-refractivity contribution in [3.63, 3.8) is 0 Å². The quantitative estimate of drug-likeness (QED) is 0.561. The van der Waals surface area contributed by atoms with Gasteiger partial charge in [-0.3, -0.25) is 14.4 Å². The number of Topliss-reactive ketones (excluding diaryl/α,β-unsaturated/α-hetero) is 1. The van der Waals surface area contributed by atoms with Gasteiger partial charge in [-0.05, 0) is 24.3 Å². The first-order chi connectivity index (χ1) is 12.9. The maximum absolute atomic E-state index is 12.6. The third-order valence-electron chi connectivity index (χ3n) is 4.08. The fourth-order valence-corrected chi connectivity index (χ4v) is 2.49. The fourth-order valence-electron chi connectivity index (χ4n) is 2.49. The van der Waals surface area contributed by atoms with Gasteiger partial charge in [0.1, 0.15) is 25.4 Å². The van der Waals surface area contributed by atoms with Crippen LogP contribution in [0.15, 0.2) is 30.3 Å². The average Bonchev–Trinajstić information content (AvgIpc) is 3.48. The number of ether oxygens (including phenoxy) is 1. The molecule has 1 saturated carbocycles. The minimum atomic E-state index is -1.48. The number of alkyl carbamates (subject to hydrolysis) is 1. The van der Waals surface area contributed by atoms with E-state index in [2.05, 4.69) is 10.6 Å². The zero-order valence-corrected chi connectivity index (χ0v) is 14.5. The zero-order valence-electron chi connectivity index (χ0n) is 14.5. The predicted molar refractivity (Wildman–Crippen MR) is 91.4 cm³/mol. The van der Waals surface area contributed by atoms with Crippen LogP contribution >= 0.6 is 0 Å². The Labute approximate surface area is 155 Å². The molecule has 8 nitrogen and oxygen atoms in total. The van der Waals surface area contributed by atoms with Gasteiger partial charge in [-0.1, -0.05) is 30.3 Å². The van der Waals surface area contributed by atoms with E-state index in [0.29, 0.717) is 12.8 Å². The van der Waals surface area contributed by atoms with Crippen LogP contribution in [0.1, 0.15) is 24.8 Å². The molecule has 0 bridgehead atoms. The molecule has 0 heterocycles. The summed E-state index contributed by atoms with van der Waals surface area (Å²) in [5, 5.41) is 13.5. The first-order valence-electron chi connectivity index (χ1n) is 8.48. The number of aliphatic carboxylic acids is 1. The topological polar surface area (TPSA) is 122 Å². The molecule has 2 atom stereocenters. The van der Waals surface area contributed by atoms with Crippen molar-refractivity contribution in [2.45, 2.75) is 38.0 Å². The second-order valence-electron chi connectivity index (χ2n) is 6.28. The van der Waals surface area contributed by atoms with Crippen LogP contribution in [0.2, 0.25) is 0 Å². The number of hydrogen-bond donors (Lipinski definition) is 3. The first-order valence-corrected chi connectivity index (χ1v) is 8.48. The van der Waals surface area contributed by atoms with E-state index in [4.69, 9.17) is 9.84 Å². The van der Waals surface area contributed by atoms with Crippen molar-refractivity contribution in [1.82, 2.24) is 10.6 Å². The molecule has 27 heavy (non-hydrogen) atoms. The highest BCUT2D eigenvalue weighted by Crippen LogP contribution is 2.33. The number of halogens is 1. The highest BCUT2D eigenvalue weighted by molar-refractivity contribution is 5.94. The van der Waals surface area contributed by atoms with Crippen LogP contribution in [0, 0.1) is 5.92 Å². The summed E-state index contributed by atoms with van der Waals surface area (Å²) in [6.45, 7) is -1.37. The van der Waals surface area contributed by atoms with Crippen LogP contribution < -0.4 is 10.6 Å². The van der Waals surface area contributed by atoms with Crippen LogP contribution in [-0.4, -0.2) is 47.6 Å². The molecule has 0 aliphatic heterocycles. The summed E-state index contributed by atoms with van der Waals surface area (Å²) in [4.78, 5) is 46.7. The smallest absolute Gasteiger partial charge is 0.408 e. The van der Waals surface area contributed by atoms with Gasteiger partial charge in [0, 0.05) is 0 Å². The molecule has 9 heteroatoms. The van der Waals surface area contributed by atoms with Crippen molar-refractivity contribution in [3.8, 4) is 0 Å². The molecule has 1 aromatic carbocycles. The van der Waals surface area contributed by atoms with Crippen LogP contribution in [0.4, 0.5) is 9.18 Å². The van der Waals surface area contributed by atoms with E-state index >= 15 is 0 Å². The summed E-state index contributed by atoms with van der Waals surface area (Å²) in [6.07, 6.45) is -0.155. The predicted octanol–water partition coefficient (Wildman–Crippen LogP) is 1.19. The van der Waals surface area contributed by atoms with Gasteiger partial charge in [0.25, 0.3) is 0 Å². The Hall–Kier alpha value is -2.97. The lowest BCUT2D eigenvalue weighted by molar-refractivity contribution is -0.140. The minimum Gasteiger partial charge on any atom is -0.481 e. The molecule has 2 unspecified atom stereocenters. The Morgan fingerprint density at radius 1 is 1.15 bits per heavy atom. The standard InChI is InChI=1S/C18H21FN2O6/c19-9-14(22)13(8-15(23)24)20-17(25)16(12-6-7-12)21-18(26)27-10-11-4-2-1-3-5-11/h1-5,12-13,16H,6-10H2,(H,20,25)(H,21,26)(H,23,24). The molecule has 146 valence electrons. The molecule has 0 saturated heterocycles. The van der Waals surface area contributed by atoms with Gasteiger partial charge in [0.05, 0.1) is 6.42 Å². The third kappa shape index (κ3) is 6.69. The number of alkyl halides is 1. The number of rotatable bonds is 10. The van der Waals surface area contributed by atoms with Crippen molar-refractivity contribution >= 4 is 23.8 Å². The number of ketones is 1. The van der Waals surface area contributed by atoms with E-state index in [-0.39, 0.29) is 12.5 Å². The maximum atomic E-state index is 12.6. The number of carboxylic acids is 1.